The number of hydrogen-bond acceptors (Lipinski definition) is 11. The normalized spacial score (nSPS) is 19.6. The van der Waals surface area contributed by atoms with E-state index in [1.807, 2.05) is 53.2 Å². The minimum Gasteiger partial charge on any atom is -0.379 e. The van der Waals surface area contributed by atoms with Gasteiger partial charge in [-0.05, 0) is 43.8 Å². The molecule has 11 nitrogen and oxygen atoms in total. The van der Waals surface area contributed by atoms with Crippen molar-refractivity contribution in [2.75, 3.05) is 38.5 Å². The second kappa shape index (κ2) is 9.62. The Morgan fingerprint density at radius 1 is 1.26 bits per heavy atom. The van der Waals surface area contributed by atoms with Gasteiger partial charge in [-0.25, -0.2) is 14.3 Å². The van der Waals surface area contributed by atoms with Crippen molar-refractivity contribution < 1.29 is 5.11 Å². The van der Waals surface area contributed by atoms with Crippen molar-refractivity contribution in [1.82, 2.24) is 38.7 Å². The lowest BCUT2D eigenvalue weighted by Gasteiger charge is -2.49. The minimum atomic E-state index is -0.825. The third kappa shape index (κ3) is 4.67. The van der Waals surface area contributed by atoms with Gasteiger partial charge in [0, 0.05) is 44.1 Å². The molecule has 2 fully saturated rings. The minimum absolute atomic E-state index is 0.339. The molecule has 0 aliphatic carbocycles. The molecule has 0 amide bonds. The molecule has 2 aliphatic rings. The van der Waals surface area contributed by atoms with Crippen molar-refractivity contribution in [2.24, 2.45) is 0 Å². The molecule has 0 saturated carbocycles. The summed E-state index contributed by atoms with van der Waals surface area (Å²) in [5.74, 6) is 0.503. The van der Waals surface area contributed by atoms with Crippen LogP contribution in [-0.2, 0) is 5.54 Å². The molecular formula is C25H30N10OS2. The van der Waals surface area contributed by atoms with Crippen molar-refractivity contribution in [3.8, 4) is 17.3 Å². The zero-order valence-electron chi connectivity index (χ0n) is 21.6. The Hall–Kier alpha value is -3.02. The van der Waals surface area contributed by atoms with Crippen molar-refractivity contribution in [1.29, 1.82) is 5.26 Å². The molecule has 0 aromatic carbocycles. The maximum atomic E-state index is 10.5. The number of aliphatic hydroxyl groups is 1. The predicted octanol–water partition coefficient (Wildman–Crippen LogP) is 3.67. The van der Waals surface area contributed by atoms with E-state index in [9.17, 15) is 10.4 Å². The van der Waals surface area contributed by atoms with E-state index in [0.717, 1.165) is 40.3 Å². The summed E-state index contributed by atoms with van der Waals surface area (Å²) in [7, 11) is 2.10. The van der Waals surface area contributed by atoms with Crippen LogP contribution in [-0.4, -0.2) is 82.0 Å². The zero-order valence-corrected chi connectivity index (χ0v) is 23.2. The SMILES string of the molecule is CCC(C)(O)SN1CC(CC#N)(n2cc(-c3nc(Nc4cnn(C5CN(C)C5)c4)nc4ccsc34)cn2)C1. The molecule has 0 bridgehead atoms. The fourth-order valence-corrected chi connectivity index (χ4v) is 7.02. The molecule has 0 radical (unpaired) electrons. The molecule has 4 aromatic rings. The maximum Gasteiger partial charge on any atom is 0.228 e. The predicted molar refractivity (Wildman–Crippen MR) is 149 cm³/mol. The number of nitriles is 1. The summed E-state index contributed by atoms with van der Waals surface area (Å²) in [6.45, 7) is 7.04. The number of aromatic nitrogens is 6. The lowest BCUT2D eigenvalue weighted by Crippen LogP contribution is -2.61. The largest absolute Gasteiger partial charge is 0.379 e. The summed E-state index contributed by atoms with van der Waals surface area (Å²) >= 11 is 3.03. The Labute approximate surface area is 229 Å². The monoisotopic (exact) mass is 550 g/mol. The van der Waals surface area contributed by atoms with Gasteiger partial charge in [-0.15, -0.1) is 11.3 Å². The topological polar surface area (TPSA) is 124 Å². The highest BCUT2D eigenvalue weighted by molar-refractivity contribution is 7.98. The Kier molecular flexibility index (Phi) is 6.40. The number of nitrogens with zero attached hydrogens (tertiary/aromatic N) is 9. The Morgan fingerprint density at radius 2 is 2.08 bits per heavy atom. The van der Waals surface area contributed by atoms with Crippen LogP contribution in [0.4, 0.5) is 11.6 Å². The van der Waals surface area contributed by atoms with Gasteiger partial charge < -0.3 is 15.3 Å². The van der Waals surface area contributed by atoms with Gasteiger partial charge in [0.15, 0.2) is 0 Å². The second-order valence-electron chi connectivity index (χ2n) is 10.4. The van der Waals surface area contributed by atoms with Gasteiger partial charge in [-0.3, -0.25) is 9.36 Å². The van der Waals surface area contributed by atoms with Crippen molar-refractivity contribution in [3.63, 3.8) is 0 Å². The molecule has 2 saturated heterocycles. The number of anilines is 2. The van der Waals surface area contributed by atoms with E-state index in [4.69, 9.17) is 9.97 Å². The van der Waals surface area contributed by atoms with Crippen molar-refractivity contribution in [3.05, 3.63) is 36.2 Å². The molecule has 4 aromatic heterocycles. The van der Waals surface area contributed by atoms with Crippen LogP contribution < -0.4 is 5.32 Å². The first-order valence-electron chi connectivity index (χ1n) is 12.6. The van der Waals surface area contributed by atoms with E-state index in [1.54, 1.807) is 17.5 Å². The average Bonchev–Trinajstić information content (AvgIpc) is 3.61. The fourth-order valence-electron chi connectivity index (χ4n) is 4.89. The van der Waals surface area contributed by atoms with E-state index in [-0.39, 0.29) is 0 Å². The average molecular weight is 551 g/mol. The smallest absolute Gasteiger partial charge is 0.228 e. The summed E-state index contributed by atoms with van der Waals surface area (Å²) in [5, 5.41) is 34.6. The summed E-state index contributed by atoms with van der Waals surface area (Å²) in [5.41, 5.74) is 2.96. The van der Waals surface area contributed by atoms with Crippen molar-refractivity contribution in [2.45, 2.75) is 43.2 Å². The van der Waals surface area contributed by atoms with Crippen LogP contribution in [0.5, 0.6) is 0 Å². The number of fused-ring (bicyclic) bond motifs is 1. The molecule has 6 rings (SSSR count). The van der Waals surface area contributed by atoms with Gasteiger partial charge in [0.05, 0.1) is 52.5 Å². The molecule has 6 heterocycles. The Bertz CT molecular complexity index is 1490. The number of likely N-dealkylation sites (tertiary alicyclic amines) is 1. The van der Waals surface area contributed by atoms with Gasteiger partial charge in [0.25, 0.3) is 0 Å². The maximum absolute atomic E-state index is 10.5. The number of nitrogens with one attached hydrogen (secondary N) is 1. The lowest BCUT2D eigenvalue weighted by molar-refractivity contribution is 0.0701. The highest BCUT2D eigenvalue weighted by Gasteiger charge is 2.47. The first-order valence-corrected chi connectivity index (χ1v) is 14.3. The second-order valence-corrected chi connectivity index (χ2v) is 12.9. The van der Waals surface area contributed by atoms with E-state index in [0.29, 0.717) is 37.9 Å². The summed E-state index contributed by atoms with van der Waals surface area (Å²) < 4.78 is 6.99. The zero-order chi connectivity index (χ0) is 26.5. The molecular weight excluding hydrogens is 520 g/mol. The van der Waals surface area contributed by atoms with Gasteiger partial charge in [0.2, 0.25) is 5.95 Å². The first kappa shape index (κ1) is 25.3. The van der Waals surface area contributed by atoms with E-state index in [1.165, 1.54) is 11.9 Å². The van der Waals surface area contributed by atoms with Crippen LogP contribution in [0.1, 0.15) is 32.7 Å². The molecule has 1 atom stereocenters. The van der Waals surface area contributed by atoms with E-state index >= 15 is 0 Å². The molecule has 38 heavy (non-hydrogen) atoms. The van der Waals surface area contributed by atoms with Crippen LogP contribution in [0.2, 0.25) is 0 Å². The standard InChI is InChI=1S/C25H30N10OS2/c1-4-24(2,36)38-33-15-25(16-33,6-7-26)35-11-17(9-28-35)21-22-20(5-8-37-22)30-23(31-21)29-18-10-27-34(12-18)19-13-32(3)14-19/h5,8-12,19,36H,4,6,13-16H2,1-3H3,(H,29,30,31). The summed E-state index contributed by atoms with van der Waals surface area (Å²) in [4.78, 5) is 11.0. The van der Waals surface area contributed by atoms with Crippen LogP contribution in [0, 0.1) is 11.3 Å². The van der Waals surface area contributed by atoms with Gasteiger partial charge in [-0.2, -0.15) is 15.5 Å². The summed E-state index contributed by atoms with van der Waals surface area (Å²) in [6.07, 6.45) is 8.58. The molecule has 13 heteroatoms. The fraction of sp³-hybridized carbons (Fsp3) is 0.480. The van der Waals surface area contributed by atoms with Crippen LogP contribution in [0.25, 0.3) is 21.5 Å². The van der Waals surface area contributed by atoms with Crippen LogP contribution in [0.15, 0.2) is 36.2 Å². The molecule has 198 valence electrons. The van der Waals surface area contributed by atoms with Crippen molar-refractivity contribution >= 4 is 45.1 Å². The van der Waals surface area contributed by atoms with E-state index in [2.05, 4.69) is 37.8 Å². The number of rotatable bonds is 9. The molecule has 0 spiro atoms. The number of hydrogen-bond donors (Lipinski definition) is 2. The quantitative estimate of drug-likeness (QED) is 0.236. The first-order chi connectivity index (χ1) is 18.3. The highest BCUT2D eigenvalue weighted by Crippen LogP contribution is 2.42. The van der Waals surface area contributed by atoms with Crippen LogP contribution >= 0.6 is 23.3 Å². The highest BCUT2D eigenvalue weighted by atomic mass is 32.2. The number of thiophene rings is 1. The molecule has 1 unspecified atom stereocenters. The van der Waals surface area contributed by atoms with Gasteiger partial charge >= 0.3 is 0 Å². The third-order valence-corrected chi connectivity index (χ3v) is 9.36. The summed E-state index contributed by atoms with van der Waals surface area (Å²) in [6, 6.07) is 4.72. The third-order valence-electron chi connectivity index (χ3n) is 7.25. The Balaban J connectivity index is 1.25. The Morgan fingerprint density at radius 3 is 2.82 bits per heavy atom. The molecule has 2 aliphatic heterocycles. The van der Waals surface area contributed by atoms with Gasteiger partial charge in [-0.1, -0.05) is 6.92 Å². The number of likely N-dealkylation sites (N-methyl/N-ethyl adjacent to an activating group) is 1. The van der Waals surface area contributed by atoms with E-state index < -0.39 is 10.5 Å². The lowest BCUT2D eigenvalue weighted by atomic mass is 9.89. The molecule has 2 N–H and O–H groups in total. The van der Waals surface area contributed by atoms with Gasteiger partial charge in [0.1, 0.15) is 10.5 Å². The van der Waals surface area contributed by atoms with Crippen LogP contribution in [0.3, 0.4) is 0 Å².